The standard InChI is InChI=1S/C25H21BrN6O2/c1-15-6-5-7-16(10-15)14-34-23-19(26)11-17(12-21(23)33-2)13-27-31-25-29-24-22(30-32-25)18-8-3-4-9-20(18)28-24/h3-13H,14H2,1-2H3,(H2,28,29,31,32)/b27-13+. The molecular weight excluding hydrogens is 496 g/mol. The highest BCUT2D eigenvalue weighted by Gasteiger charge is 2.12. The number of nitrogens with zero attached hydrogens (tertiary/aromatic N) is 4. The molecule has 0 bridgehead atoms. The van der Waals surface area contributed by atoms with Crippen LogP contribution in [0.15, 0.2) is 70.2 Å². The van der Waals surface area contributed by atoms with Gasteiger partial charge in [0, 0.05) is 10.9 Å². The maximum atomic E-state index is 6.03. The van der Waals surface area contributed by atoms with E-state index < -0.39 is 0 Å². The zero-order valence-corrected chi connectivity index (χ0v) is 20.1. The Morgan fingerprint density at radius 1 is 1.09 bits per heavy atom. The van der Waals surface area contributed by atoms with Crippen LogP contribution in [-0.2, 0) is 6.61 Å². The number of hydrogen-bond donors (Lipinski definition) is 2. The van der Waals surface area contributed by atoms with Crippen molar-refractivity contribution < 1.29 is 9.47 Å². The third kappa shape index (κ3) is 4.55. The molecule has 0 saturated carbocycles. The fourth-order valence-electron chi connectivity index (χ4n) is 3.64. The molecule has 0 fully saturated rings. The summed E-state index contributed by atoms with van der Waals surface area (Å²) in [6.07, 6.45) is 1.65. The van der Waals surface area contributed by atoms with Gasteiger partial charge in [0.2, 0.25) is 0 Å². The van der Waals surface area contributed by atoms with Gasteiger partial charge in [-0.1, -0.05) is 48.0 Å². The molecule has 8 nitrogen and oxygen atoms in total. The van der Waals surface area contributed by atoms with Gasteiger partial charge < -0.3 is 14.5 Å². The van der Waals surface area contributed by atoms with Crippen molar-refractivity contribution in [3.63, 3.8) is 0 Å². The van der Waals surface area contributed by atoms with E-state index in [1.807, 2.05) is 48.5 Å². The number of hydrazone groups is 1. The molecule has 0 aliphatic heterocycles. The summed E-state index contributed by atoms with van der Waals surface area (Å²) in [6, 6.07) is 19.8. The molecule has 5 rings (SSSR count). The van der Waals surface area contributed by atoms with Crippen LogP contribution in [0, 0.1) is 6.92 Å². The van der Waals surface area contributed by atoms with Gasteiger partial charge in [-0.25, -0.2) is 5.43 Å². The number of hydrogen-bond acceptors (Lipinski definition) is 7. The van der Waals surface area contributed by atoms with E-state index in [1.54, 1.807) is 13.3 Å². The highest BCUT2D eigenvalue weighted by atomic mass is 79.9. The number of para-hydroxylation sites is 1. The molecule has 170 valence electrons. The van der Waals surface area contributed by atoms with Crippen LogP contribution in [0.4, 0.5) is 5.95 Å². The lowest BCUT2D eigenvalue weighted by atomic mass is 10.1. The molecule has 0 radical (unpaired) electrons. The predicted molar refractivity (Wildman–Crippen MR) is 137 cm³/mol. The van der Waals surface area contributed by atoms with Crippen LogP contribution in [0.2, 0.25) is 0 Å². The molecule has 0 spiro atoms. The number of aryl methyl sites for hydroxylation is 1. The van der Waals surface area contributed by atoms with Crippen LogP contribution in [-0.4, -0.2) is 33.5 Å². The Bertz CT molecular complexity index is 1510. The molecule has 0 aliphatic rings. The summed E-state index contributed by atoms with van der Waals surface area (Å²) in [6.45, 7) is 2.49. The number of halogens is 1. The lowest BCUT2D eigenvalue weighted by molar-refractivity contribution is 0.282. The summed E-state index contributed by atoms with van der Waals surface area (Å²) in [7, 11) is 1.61. The van der Waals surface area contributed by atoms with Gasteiger partial charge in [0.15, 0.2) is 17.1 Å². The average Bonchev–Trinajstić information content (AvgIpc) is 3.21. The lowest BCUT2D eigenvalue weighted by Crippen LogP contribution is -2.01. The third-order valence-electron chi connectivity index (χ3n) is 5.22. The molecule has 2 aromatic heterocycles. The zero-order valence-electron chi connectivity index (χ0n) is 18.5. The first-order valence-electron chi connectivity index (χ1n) is 10.6. The molecule has 0 atom stereocenters. The van der Waals surface area contributed by atoms with Gasteiger partial charge in [-0.2, -0.15) is 10.1 Å². The molecule has 0 saturated heterocycles. The van der Waals surface area contributed by atoms with E-state index in [1.165, 1.54) is 5.56 Å². The van der Waals surface area contributed by atoms with Gasteiger partial charge in [0.25, 0.3) is 5.95 Å². The molecule has 5 aromatic rings. The number of aromatic nitrogens is 4. The quantitative estimate of drug-likeness (QED) is 0.215. The second kappa shape index (κ2) is 9.48. The summed E-state index contributed by atoms with van der Waals surface area (Å²) in [5.74, 6) is 1.52. The normalized spacial score (nSPS) is 11.4. The SMILES string of the molecule is COc1cc(/C=N/Nc2nnc3c(n2)[nH]c2ccccc23)cc(Br)c1OCc1cccc(C)c1. The summed E-state index contributed by atoms with van der Waals surface area (Å²) < 4.78 is 12.3. The zero-order chi connectivity index (χ0) is 23.5. The Kier molecular flexibility index (Phi) is 6.09. The van der Waals surface area contributed by atoms with E-state index in [9.17, 15) is 0 Å². The Labute approximate surface area is 204 Å². The maximum absolute atomic E-state index is 6.03. The van der Waals surface area contributed by atoms with E-state index in [2.05, 4.69) is 65.7 Å². The largest absolute Gasteiger partial charge is 0.493 e. The van der Waals surface area contributed by atoms with Crippen LogP contribution in [0.5, 0.6) is 11.5 Å². The Balaban J connectivity index is 1.31. The number of methoxy groups -OCH3 is 1. The third-order valence-corrected chi connectivity index (χ3v) is 5.81. The summed E-state index contributed by atoms with van der Waals surface area (Å²) in [5.41, 5.74) is 8.24. The van der Waals surface area contributed by atoms with Crippen molar-refractivity contribution in [2.24, 2.45) is 5.10 Å². The van der Waals surface area contributed by atoms with Gasteiger partial charge >= 0.3 is 0 Å². The van der Waals surface area contributed by atoms with Crippen LogP contribution in [0.3, 0.4) is 0 Å². The van der Waals surface area contributed by atoms with Crippen molar-refractivity contribution >= 4 is 50.2 Å². The number of aromatic amines is 1. The Hall–Kier alpha value is -3.98. The second-order valence-electron chi connectivity index (χ2n) is 7.69. The van der Waals surface area contributed by atoms with Gasteiger partial charge in [0.1, 0.15) is 12.1 Å². The summed E-state index contributed by atoms with van der Waals surface area (Å²) in [4.78, 5) is 7.70. The molecule has 3 aromatic carbocycles. The average molecular weight is 517 g/mol. The molecular formula is C25H21BrN6O2. The van der Waals surface area contributed by atoms with Crippen molar-refractivity contribution in [1.82, 2.24) is 20.2 Å². The fraction of sp³-hybridized carbons (Fsp3) is 0.120. The first kappa shape index (κ1) is 21.8. The van der Waals surface area contributed by atoms with E-state index >= 15 is 0 Å². The maximum Gasteiger partial charge on any atom is 0.265 e. The minimum absolute atomic E-state index is 0.291. The van der Waals surface area contributed by atoms with Crippen molar-refractivity contribution in [3.8, 4) is 11.5 Å². The minimum atomic E-state index is 0.291. The Morgan fingerprint density at radius 3 is 2.82 bits per heavy atom. The first-order chi connectivity index (χ1) is 16.6. The van der Waals surface area contributed by atoms with Crippen molar-refractivity contribution in [2.45, 2.75) is 13.5 Å². The fourth-order valence-corrected chi connectivity index (χ4v) is 4.22. The summed E-state index contributed by atoms with van der Waals surface area (Å²) >= 11 is 3.58. The van der Waals surface area contributed by atoms with Crippen molar-refractivity contribution in [1.29, 1.82) is 0 Å². The number of benzene rings is 3. The number of fused-ring (bicyclic) bond motifs is 3. The number of rotatable bonds is 7. The van der Waals surface area contributed by atoms with E-state index in [0.29, 0.717) is 29.7 Å². The molecule has 34 heavy (non-hydrogen) atoms. The number of ether oxygens (including phenoxy) is 2. The van der Waals surface area contributed by atoms with Crippen molar-refractivity contribution in [3.05, 3.63) is 81.8 Å². The molecule has 0 unspecified atom stereocenters. The first-order valence-corrected chi connectivity index (χ1v) is 11.4. The Morgan fingerprint density at radius 2 is 1.97 bits per heavy atom. The predicted octanol–water partition coefficient (Wildman–Crippen LogP) is 5.61. The van der Waals surface area contributed by atoms with E-state index in [4.69, 9.17) is 9.47 Å². The topological polar surface area (TPSA) is 97.3 Å². The van der Waals surface area contributed by atoms with Crippen LogP contribution < -0.4 is 14.9 Å². The van der Waals surface area contributed by atoms with Crippen LogP contribution >= 0.6 is 15.9 Å². The number of anilines is 1. The molecule has 0 amide bonds. The van der Waals surface area contributed by atoms with Gasteiger partial charge in [-0.15, -0.1) is 10.2 Å². The minimum Gasteiger partial charge on any atom is -0.493 e. The number of H-pyrrole nitrogens is 1. The molecule has 2 heterocycles. The monoisotopic (exact) mass is 516 g/mol. The summed E-state index contributed by atoms with van der Waals surface area (Å²) in [5, 5.41) is 13.6. The van der Waals surface area contributed by atoms with E-state index in [-0.39, 0.29) is 0 Å². The molecule has 0 aliphatic carbocycles. The molecule has 2 N–H and O–H groups in total. The number of nitrogens with one attached hydrogen (secondary N) is 2. The van der Waals surface area contributed by atoms with Crippen LogP contribution in [0.1, 0.15) is 16.7 Å². The van der Waals surface area contributed by atoms with Gasteiger partial charge in [-0.3, -0.25) is 0 Å². The highest BCUT2D eigenvalue weighted by molar-refractivity contribution is 9.10. The van der Waals surface area contributed by atoms with E-state index in [0.717, 1.165) is 32.0 Å². The van der Waals surface area contributed by atoms with Gasteiger partial charge in [-0.05, 0) is 52.2 Å². The van der Waals surface area contributed by atoms with Crippen molar-refractivity contribution in [2.75, 3.05) is 12.5 Å². The van der Waals surface area contributed by atoms with Gasteiger partial charge in [0.05, 0.1) is 17.8 Å². The second-order valence-corrected chi connectivity index (χ2v) is 8.54. The lowest BCUT2D eigenvalue weighted by Gasteiger charge is -2.13. The van der Waals surface area contributed by atoms with Crippen LogP contribution in [0.25, 0.3) is 22.1 Å². The molecule has 9 heteroatoms. The highest BCUT2D eigenvalue weighted by Crippen LogP contribution is 2.37. The smallest absolute Gasteiger partial charge is 0.265 e.